The van der Waals surface area contributed by atoms with Crippen molar-refractivity contribution in [1.29, 1.82) is 0 Å². The van der Waals surface area contributed by atoms with Gasteiger partial charge in [-0.15, -0.1) is 0 Å². The minimum Gasteiger partial charge on any atom is -0.507 e. The fourth-order valence-electron chi connectivity index (χ4n) is 1.96. The Bertz CT molecular complexity index is 590. The normalized spacial score (nSPS) is 10.5. The Morgan fingerprint density at radius 1 is 1.16 bits per heavy atom. The van der Waals surface area contributed by atoms with Gasteiger partial charge >= 0.3 is 0 Å². The zero-order valence-corrected chi connectivity index (χ0v) is 13.1. The third-order valence-corrected chi connectivity index (χ3v) is 4.20. The second kappa shape index (κ2) is 5.85. The third-order valence-electron chi connectivity index (χ3n) is 2.97. The van der Waals surface area contributed by atoms with E-state index in [1.165, 1.54) is 0 Å². The van der Waals surface area contributed by atoms with Crippen LogP contribution < -0.4 is 5.32 Å². The maximum absolute atomic E-state index is 9.74. The van der Waals surface area contributed by atoms with Gasteiger partial charge in [-0.3, -0.25) is 0 Å². The van der Waals surface area contributed by atoms with Gasteiger partial charge in [0.1, 0.15) is 5.75 Å². The number of phenols is 1. The van der Waals surface area contributed by atoms with Crippen molar-refractivity contribution in [2.75, 3.05) is 5.32 Å². The molecule has 0 unspecified atom stereocenters. The highest BCUT2D eigenvalue weighted by Gasteiger charge is 2.04. The zero-order valence-electron chi connectivity index (χ0n) is 10.8. The maximum atomic E-state index is 9.74. The van der Waals surface area contributed by atoms with Crippen LogP contribution in [0.25, 0.3) is 0 Å². The highest BCUT2D eigenvalue weighted by molar-refractivity contribution is 9.10. The van der Waals surface area contributed by atoms with Crippen LogP contribution in [0.1, 0.15) is 16.7 Å². The van der Waals surface area contributed by atoms with E-state index in [9.17, 15) is 5.11 Å². The summed E-state index contributed by atoms with van der Waals surface area (Å²) in [6.07, 6.45) is 0. The number of hydrogen-bond donors (Lipinski definition) is 2. The molecule has 0 heterocycles. The number of rotatable bonds is 3. The summed E-state index contributed by atoms with van der Waals surface area (Å²) in [7, 11) is 0. The predicted molar refractivity (Wildman–Crippen MR) is 84.1 cm³/mol. The van der Waals surface area contributed by atoms with E-state index < -0.39 is 0 Å². The first-order valence-electron chi connectivity index (χ1n) is 5.95. The molecule has 0 bridgehead atoms. The summed E-state index contributed by atoms with van der Waals surface area (Å²) < 4.78 is 0.885. The molecule has 0 atom stereocenters. The molecule has 4 heteroatoms. The Balaban J connectivity index is 2.12. The second-order valence-corrected chi connectivity index (χ2v) is 5.82. The summed E-state index contributed by atoms with van der Waals surface area (Å²) in [5.41, 5.74) is 3.89. The second-order valence-electron chi connectivity index (χ2n) is 4.56. The summed E-state index contributed by atoms with van der Waals surface area (Å²) >= 11 is 9.41. The molecule has 0 fully saturated rings. The standard InChI is InChI=1S/C15H15BrClNO/c1-9-5-11(6-10(2)15(9)19)8-18-12-3-4-13(16)14(17)7-12/h3-7,18-19H,8H2,1-2H3. The predicted octanol–water partition coefficient (Wildman–Crippen LogP) is 5.04. The fraction of sp³-hybridized carbons (Fsp3) is 0.200. The molecule has 2 nitrogen and oxygen atoms in total. The van der Waals surface area contributed by atoms with Gasteiger partial charge in [0.15, 0.2) is 0 Å². The lowest BCUT2D eigenvalue weighted by Crippen LogP contribution is -2.00. The summed E-state index contributed by atoms with van der Waals surface area (Å²) in [4.78, 5) is 0. The van der Waals surface area contributed by atoms with Crippen LogP contribution in [0.15, 0.2) is 34.8 Å². The first-order valence-corrected chi connectivity index (χ1v) is 7.12. The molecule has 0 amide bonds. The molecule has 2 aromatic rings. The van der Waals surface area contributed by atoms with Gasteiger partial charge in [0, 0.05) is 16.7 Å². The van der Waals surface area contributed by atoms with Crippen LogP contribution in [0.5, 0.6) is 5.75 Å². The van der Waals surface area contributed by atoms with E-state index in [4.69, 9.17) is 11.6 Å². The van der Waals surface area contributed by atoms with Gasteiger partial charge in [0.25, 0.3) is 0 Å². The molecule has 19 heavy (non-hydrogen) atoms. The van der Waals surface area contributed by atoms with Crippen LogP contribution in [0.3, 0.4) is 0 Å². The lowest BCUT2D eigenvalue weighted by Gasteiger charge is -2.10. The van der Waals surface area contributed by atoms with Crippen LogP contribution >= 0.6 is 27.5 Å². The largest absolute Gasteiger partial charge is 0.507 e. The van der Waals surface area contributed by atoms with Crippen molar-refractivity contribution in [2.24, 2.45) is 0 Å². The minimum atomic E-state index is 0.371. The number of benzene rings is 2. The van der Waals surface area contributed by atoms with E-state index in [1.54, 1.807) is 0 Å². The van der Waals surface area contributed by atoms with E-state index >= 15 is 0 Å². The smallest absolute Gasteiger partial charge is 0.121 e. The molecule has 0 saturated carbocycles. The van der Waals surface area contributed by atoms with Crippen LogP contribution in [-0.2, 0) is 6.54 Å². The molecule has 2 rings (SSSR count). The summed E-state index contributed by atoms with van der Waals surface area (Å²) in [5.74, 6) is 0.371. The van der Waals surface area contributed by atoms with Crippen LogP contribution in [0.4, 0.5) is 5.69 Å². The van der Waals surface area contributed by atoms with Crippen molar-refractivity contribution in [3.05, 3.63) is 56.5 Å². The first-order chi connectivity index (χ1) is 8.97. The minimum absolute atomic E-state index is 0.371. The zero-order chi connectivity index (χ0) is 14.0. The molecular weight excluding hydrogens is 326 g/mol. The molecule has 0 saturated heterocycles. The number of halogens is 2. The SMILES string of the molecule is Cc1cc(CNc2ccc(Br)c(Cl)c2)cc(C)c1O. The summed E-state index contributed by atoms with van der Waals surface area (Å²) in [6, 6.07) is 9.73. The Hall–Kier alpha value is -1.19. The van der Waals surface area contributed by atoms with E-state index in [1.807, 2.05) is 44.2 Å². The average molecular weight is 341 g/mol. The number of hydrogen-bond acceptors (Lipinski definition) is 2. The molecule has 0 spiro atoms. The Morgan fingerprint density at radius 2 is 1.79 bits per heavy atom. The highest BCUT2D eigenvalue weighted by atomic mass is 79.9. The van der Waals surface area contributed by atoms with Gasteiger partial charge < -0.3 is 10.4 Å². The number of phenolic OH excluding ortho intramolecular Hbond substituents is 1. The summed E-state index contributed by atoms with van der Waals surface area (Å²) in [6.45, 7) is 4.50. The Labute approximate surface area is 126 Å². The van der Waals surface area contributed by atoms with Crippen LogP contribution in [0, 0.1) is 13.8 Å². The lowest BCUT2D eigenvalue weighted by molar-refractivity contribution is 0.466. The van der Waals surface area contributed by atoms with Crippen LogP contribution in [-0.4, -0.2) is 5.11 Å². The van der Waals surface area contributed by atoms with Gasteiger partial charge in [-0.2, -0.15) is 0 Å². The monoisotopic (exact) mass is 339 g/mol. The lowest BCUT2D eigenvalue weighted by atomic mass is 10.1. The molecule has 0 radical (unpaired) electrons. The van der Waals surface area contributed by atoms with E-state index in [0.717, 1.165) is 26.9 Å². The Kier molecular flexibility index (Phi) is 4.38. The van der Waals surface area contributed by atoms with Crippen molar-refractivity contribution in [3.8, 4) is 5.75 Å². The van der Waals surface area contributed by atoms with Crippen molar-refractivity contribution >= 4 is 33.2 Å². The molecule has 0 aliphatic heterocycles. The van der Waals surface area contributed by atoms with Crippen molar-refractivity contribution in [3.63, 3.8) is 0 Å². The Morgan fingerprint density at radius 3 is 2.37 bits per heavy atom. The highest BCUT2D eigenvalue weighted by Crippen LogP contribution is 2.27. The topological polar surface area (TPSA) is 32.3 Å². The maximum Gasteiger partial charge on any atom is 0.121 e. The van der Waals surface area contributed by atoms with Crippen molar-refractivity contribution in [2.45, 2.75) is 20.4 Å². The number of aryl methyl sites for hydroxylation is 2. The quantitative estimate of drug-likeness (QED) is 0.820. The molecule has 0 aliphatic carbocycles. The molecule has 2 N–H and O–H groups in total. The van der Waals surface area contributed by atoms with Gasteiger partial charge in [0.2, 0.25) is 0 Å². The molecular formula is C15H15BrClNO. The number of aromatic hydroxyl groups is 1. The van der Waals surface area contributed by atoms with Gasteiger partial charge in [-0.25, -0.2) is 0 Å². The van der Waals surface area contributed by atoms with E-state index in [-0.39, 0.29) is 0 Å². The number of anilines is 1. The first kappa shape index (κ1) is 14.2. The van der Waals surface area contributed by atoms with Crippen LogP contribution in [0.2, 0.25) is 5.02 Å². The van der Waals surface area contributed by atoms with E-state index in [2.05, 4.69) is 21.2 Å². The van der Waals surface area contributed by atoms with Gasteiger partial charge in [0.05, 0.1) is 5.02 Å². The molecule has 2 aromatic carbocycles. The molecule has 100 valence electrons. The van der Waals surface area contributed by atoms with E-state index in [0.29, 0.717) is 17.3 Å². The fourth-order valence-corrected chi connectivity index (χ4v) is 2.39. The average Bonchev–Trinajstić information content (AvgIpc) is 2.37. The summed E-state index contributed by atoms with van der Waals surface area (Å²) in [5, 5.41) is 13.7. The van der Waals surface area contributed by atoms with Gasteiger partial charge in [-0.05, 0) is 64.7 Å². The molecule has 0 aromatic heterocycles. The van der Waals surface area contributed by atoms with Crippen molar-refractivity contribution in [1.82, 2.24) is 0 Å². The van der Waals surface area contributed by atoms with Crippen molar-refractivity contribution < 1.29 is 5.11 Å². The number of nitrogens with one attached hydrogen (secondary N) is 1. The van der Waals surface area contributed by atoms with Gasteiger partial charge in [-0.1, -0.05) is 23.7 Å². The molecule has 0 aliphatic rings. The third kappa shape index (κ3) is 3.43.